The maximum atomic E-state index is 12.2. The Hall–Kier alpha value is -2.37. The Morgan fingerprint density at radius 1 is 1.05 bits per heavy atom. The molecule has 2 aromatic rings. The second-order valence-electron chi connectivity index (χ2n) is 4.04. The van der Waals surface area contributed by atoms with Gasteiger partial charge in [-0.25, -0.2) is 0 Å². The summed E-state index contributed by atoms with van der Waals surface area (Å²) in [6, 6.07) is 10.9. The zero-order valence-electron chi connectivity index (χ0n) is 10.6. The molecule has 0 aromatic heterocycles. The summed E-state index contributed by atoms with van der Waals surface area (Å²) >= 11 is 0. The highest BCUT2D eigenvalue weighted by molar-refractivity contribution is 5.73. The van der Waals surface area contributed by atoms with Crippen LogP contribution in [0.25, 0.3) is 11.1 Å². The third kappa shape index (κ3) is 3.34. The van der Waals surface area contributed by atoms with Gasteiger partial charge in [0.15, 0.2) is 0 Å². The molecule has 0 amide bonds. The van der Waals surface area contributed by atoms with Gasteiger partial charge in [-0.15, -0.1) is 13.2 Å². The molecule has 0 aliphatic rings. The quantitative estimate of drug-likeness (QED) is 0.870. The molecule has 6 heteroatoms. The number of alkyl halides is 3. The normalized spacial score (nSPS) is 11.2. The van der Waals surface area contributed by atoms with Crippen LogP contribution < -0.4 is 15.2 Å². The van der Waals surface area contributed by atoms with Gasteiger partial charge in [-0.05, 0) is 29.8 Å². The molecular formula is C14H12F3NO2. The number of methoxy groups -OCH3 is 1. The van der Waals surface area contributed by atoms with Crippen LogP contribution >= 0.6 is 0 Å². The number of nitrogens with two attached hydrogens (primary N) is 1. The number of hydrogen-bond donors (Lipinski definition) is 1. The van der Waals surface area contributed by atoms with Crippen LogP contribution in [0.5, 0.6) is 11.5 Å². The maximum Gasteiger partial charge on any atom is 0.573 e. The van der Waals surface area contributed by atoms with E-state index in [0.29, 0.717) is 11.3 Å². The van der Waals surface area contributed by atoms with Crippen molar-refractivity contribution in [3.8, 4) is 22.6 Å². The Morgan fingerprint density at radius 3 is 2.40 bits per heavy atom. The summed E-state index contributed by atoms with van der Waals surface area (Å²) in [4.78, 5) is 0. The molecule has 0 heterocycles. The fourth-order valence-corrected chi connectivity index (χ4v) is 1.81. The lowest BCUT2D eigenvalue weighted by Crippen LogP contribution is -2.17. The van der Waals surface area contributed by atoms with Crippen molar-refractivity contribution in [2.75, 3.05) is 12.8 Å². The van der Waals surface area contributed by atoms with E-state index in [9.17, 15) is 13.2 Å². The van der Waals surface area contributed by atoms with Crippen LogP contribution in [0.1, 0.15) is 0 Å². The maximum absolute atomic E-state index is 12.2. The van der Waals surface area contributed by atoms with E-state index in [2.05, 4.69) is 4.74 Å². The molecule has 0 saturated heterocycles. The van der Waals surface area contributed by atoms with Crippen LogP contribution in [0.2, 0.25) is 0 Å². The van der Waals surface area contributed by atoms with Gasteiger partial charge in [-0.1, -0.05) is 12.1 Å². The highest BCUT2D eigenvalue weighted by Gasteiger charge is 2.31. The molecule has 0 saturated carbocycles. The van der Waals surface area contributed by atoms with Gasteiger partial charge in [-0.3, -0.25) is 0 Å². The standard InChI is InChI=1S/C14H12F3NO2/c1-19-13-8-11(20-14(15,16)17)5-6-12(13)9-3-2-4-10(18)7-9/h2-8H,18H2,1H3. The zero-order valence-corrected chi connectivity index (χ0v) is 10.6. The molecule has 2 aromatic carbocycles. The number of ether oxygens (including phenoxy) is 2. The first-order valence-corrected chi connectivity index (χ1v) is 5.69. The van der Waals surface area contributed by atoms with Crippen molar-refractivity contribution in [3.05, 3.63) is 42.5 Å². The number of rotatable bonds is 3. The van der Waals surface area contributed by atoms with Gasteiger partial charge in [0.2, 0.25) is 0 Å². The first-order valence-electron chi connectivity index (χ1n) is 5.69. The Bertz CT molecular complexity index is 612. The van der Waals surface area contributed by atoms with Crippen molar-refractivity contribution in [3.63, 3.8) is 0 Å². The van der Waals surface area contributed by atoms with Gasteiger partial charge in [0.25, 0.3) is 0 Å². The molecule has 0 radical (unpaired) electrons. The van der Waals surface area contributed by atoms with Crippen molar-refractivity contribution in [1.82, 2.24) is 0 Å². The molecule has 0 aliphatic carbocycles. The van der Waals surface area contributed by atoms with E-state index in [-0.39, 0.29) is 11.5 Å². The van der Waals surface area contributed by atoms with Crippen molar-refractivity contribution >= 4 is 5.69 Å². The van der Waals surface area contributed by atoms with Crippen LogP contribution in [0.3, 0.4) is 0 Å². The van der Waals surface area contributed by atoms with Crippen LogP contribution in [-0.4, -0.2) is 13.5 Å². The van der Waals surface area contributed by atoms with Gasteiger partial charge in [-0.2, -0.15) is 0 Å². The zero-order chi connectivity index (χ0) is 14.8. The Balaban J connectivity index is 2.40. The predicted molar refractivity (Wildman–Crippen MR) is 69.5 cm³/mol. The van der Waals surface area contributed by atoms with E-state index < -0.39 is 6.36 Å². The van der Waals surface area contributed by atoms with Crippen LogP contribution in [0.15, 0.2) is 42.5 Å². The first kappa shape index (κ1) is 14.0. The molecule has 0 aliphatic heterocycles. The smallest absolute Gasteiger partial charge is 0.496 e. The largest absolute Gasteiger partial charge is 0.573 e. The lowest BCUT2D eigenvalue weighted by molar-refractivity contribution is -0.274. The van der Waals surface area contributed by atoms with Crippen molar-refractivity contribution in [2.45, 2.75) is 6.36 Å². The fourth-order valence-electron chi connectivity index (χ4n) is 1.81. The van der Waals surface area contributed by atoms with E-state index in [1.165, 1.54) is 25.3 Å². The first-order chi connectivity index (χ1) is 9.39. The molecule has 2 N–H and O–H groups in total. The SMILES string of the molecule is COc1cc(OC(F)(F)F)ccc1-c1cccc(N)c1. The lowest BCUT2D eigenvalue weighted by Gasteiger charge is -2.13. The van der Waals surface area contributed by atoms with Gasteiger partial charge in [0.1, 0.15) is 11.5 Å². The van der Waals surface area contributed by atoms with E-state index in [1.807, 2.05) is 0 Å². The van der Waals surface area contributed by atoms with Crippen LogP contribution in [0, 0.1) is 0 Å². The van der Waals surface area contributed by atoms with E-state index in [1.54, 1.807) is 24.3 Å². The second-order valence-corrected chi connectivity index (χ2v) is 4.04. The average molecular weight is 283 g/mol. The summed E-state index contributed by atoms with van der Waals surface area (Å²) < 4.78 is 45.5. The van der Waals surface area contributed by atoms with Gasteiger partial charge < -0.3 is 15.2 Å². The molecule has 0 spiro atoms. The number of hydrogen-bond acceptors (Lipinski definition) is 3. The molecule has 0 bridgehead atoms. The highest BCUT2D eigenvalue weighted by Crippen LogP contribution is 2.35. The van der Waals surface area contributed by atoms with Crippen molar-refractivity contribution in [2.24, 2.45) is 0 Å². The highest BCUT2D eigenvalue weighted by atomic mass is 19.4. The van der Waals surface area contributed by atoms with Crippen molar-refractivity contribution in [1.29, 1.82) is 0 Å². The Kier molecular flexibility index (Phi) is 3.74. The topological polar surface area (TPSA) is 44.5 Å². The van der Waals surface area contributed by atoms with Gasteiger partial charge in [0.05, 0.1) is 7.11 Å². The molecular weight excluding hydrogens is 271 g/mol. The minimum Gasteiger partial charge on any atom is -0.496 e. The van der Waals surface area contributed by atoms with Gasteiger partial charge >= 0.3 is 6.36 Å². The number of anilines is 1. The van der Waals surface area contributed by atoms with Crippen molar-refractivity contribution < 1.29 is 22.6 Å². The Morgan fingerprint density at radius 2 is 1.80 bits per heavy atom. The minimum absolute atomic E-state index is 0.275. The van der Waals surface area contributed by atoms with Crippen LogP contribution in [-0.2, 0) is 0 Å². The monoisotopic (exact) mass is 283 g/mol. The molecule has 0 atom stereocenters. The molecule has 0 unspecified atom stereocenters. The molecule has 106 valence electrons. The molecule has 20 heavy (non-hydrogen) atoms. The average Bonchev–Trinajstić information content (AvgIpc) is 2.36. The van der Waals surface area contributed by atoms with Crippen LogP contribution in [0.4, 0.5) is 18.9 Å². The summed E-state index contributed by atoms with van der Waals surface area (Å²) in [5.74, 6) is -0.0562. The Labute approximate surface area is 113 Å². The van der Waals surface area contributed by atoms with E-state index >= 15 is 0 Å². The predicted octanol–water partition coefficient (Wildman–Crippen LogP) is 3.84. The number of halogens is 3. The molecule has 0 fully saturated rings. The summed E-state index contributed by atoms with van der Waals surface area (Å²) in [5, 5.41) is 0. The molecule has 3 nitrogen and oxygen atoms in total. The summed E-state index contributed by atoms with van der Waals surface area (Å²) in [5.41, 5.74) is 7.63. The lowest BCUT2D eigenvalue weighted by atomic mass is 10.0. The van der Waals surface area contributed by atoms with Gasteiger partial charge in [0, 0.05) is 17.3 Å². The van der Waals surface area contributed by atoms with E-state index in [4.69, 9.17) is 10.5 Å². The second kappa shape index (κ2) is 5.32. The number of benzene rings is 2. The summed E-state index contributed by atoms with van der Waals surface area (Å²) in [6.07, 6.45) is -4.73. The molecule has 2 rings (SSSR count). The third-order valence-corrected chi connectivity index (χ3v) is 2.60. The van der Waals surface area contributed by atoms with E-state index in [0.717, 1.165) is 5.56 Å². The third-order valence-electron chi connectivity index (χ3n) is 2.60. The summed E-state index contributed by atoms with van der Waals surface area (Å²) in [6.45, 7) is 0. The minimum atomic E-state index is -4.73. The number of nitrogen functional groups attached to an aromatic ring is 1. The summed E-state index contributed by atoms with van der Waals surface area (Å²) in [7, 11) is 1.38. The fraction of sp³-hybridized carbons (Fsp3) is 0.143.